The van der Waals surface area contributed by atoms with Gasteiger partial charge in [0.05, 0.1) is 13.2 Å². The maximum Gasteiger partial charge on any atom is 0.187 e. The SMILES string of the molecule is OC[C@@H]1O[C@H](O[C@@H]2[C@@H](O)[C@H](O)OC[C@H]2O)[C@H](O)[C@H]1O. The fourth-order valence-electron chi connectivity index (χ4n) is 2.08. The van der Waals surface area contributed by atoms with Crippen molar-refractivity contribution in [3.05, 3.63) is 0 Å². The zero-order chi connectivity index (χ0) is 14.2. The van der Waals surface area contributed by atoms with Gasteiger partial charge in [-0.3, -0.25) is 0 Å². The first-order valence-electron chi connectivity index (χ1n) is 5.89. The van der Waals surface area contributed by atoms with Gasteiger partial charge in [-0.05, 0) is 0 Å². The fraction of sp³-hybridized carbons (Fsp3) is 1.00. The average Bonchev–Trinajstić information content (AvgIpc) is 2.66. The van der Waals surface area contributed by atoms with E-state index in [1.807, 2.05) is 0 Å². The van der Waals surface area contributed by atoms with Gasteiger partial charge >= 0.3 is 0 Å². The van der Waals surface area contributed by atoms with Crippen molar-refractivity contribution in [3.8, 4) is 0 Å². The summed E-state index contributed by atoms with van der Waals surface area (Å²) in [5.74, 6) is 0. The molecule has 0 unspecified atom stereocenters. The van der Waals surface area contributed by atoms with Crippen molar-refractivity contribution in [3.63, 3.8) is 0 Å². The molecular formula is C10H18O9. The van der Waals surface area contributed by atoms with Gasteiger partial charge in [0.25, 0.3) is 0 Å². The molecule has 9 nitrogen and oxygen atoms in total. The minimum atomic E-state index is -1.52. The van der Waals surface area contributed by atoms with Crippen LogP contribution in [0, 0.1) is 0 Å². The van der Waals surface area contributed by atoms with Gasteiger partial charge in [0, 0.05) is 0 Å². The topological polar surface area (TPSA) is 149 Å². The summed E-state index contributed by atoms with van der Waals surface area (Å²) in [4.78, 5) is 0. The van der Waals surface area contributed by atoms with Crippen molar-refractivity contribution in [1.29, 1.82) is 0 Å². The summed E-state index contributed by atoms with van der Waals surface area (Å²) in [6, 6.07) is 0. The molecule has 2 fully saturated rings. The van der Waals surface area contributed by atoms with Gasteiger partial charge in [0.15, 0.2) is 12.6 Å². The largest absolute Gasteiger partial charge is 0.394 e. The van der Waals surface area contributed by atoms with E-state index in [-0.39, 0.29) is 6.61 Å². The lowest BCUT2D eigenvalue weighted by Crippen LogP contribution is -2.56. The summed E-state index contributed by atoms with van der Waals surface area (Å²) in [5.41, 5.74) is 0. The van der Waals surface area contributed by atoms with Gasteiger partial charge in [0.1, 0.15) is 36.6 Å². The molecule has 6 N–H and O–H groups in total. The van der Waals surface area contributed by atoms with Crippen molar-refractivity contribution in [2.24, 2.45) is 0 Å². The molecule has 0 aliphatic carbocycles. The molecule has 0 bridgehead atoms. The molecule has 0 aromatic rings. The number of aliphatic hydroxyl groups excluding tert-OH is 6. The molecule has 9 heteroatoms. The van der Waals surface area contributed by atoms with Gasteiger partial charge < -0.3 is 44.8 Å². The van der Waals surface area contributed by atoms with Crippen LogP contribution in [0.15, 0.2) is 0 Å². The fourth-order valence-corrected chi connectivity index (χ4v) is 2.08. The van der Waals surface area contributed by atoms with E-state index in [2.05, 4.69) is 4.74 Å². The van der Waals surface area contributed by atoms with Crippen molar-refractivity contribution in [1.82, 2.24) is 0 Å². The Morgan fingerprint density at radius 1 is 1.00 bits per heavy atom. The Bertz CT molecular complexity index is 301. The van der Waals surface area contributed by atoms with Crippen LogP contribution in [0.3, 0.4) is 0 Å². The second-order valence-electron chi connectivity index (χ2n) is 4.59. The molecule has 2 heterocycles. The third-order valence-corrected chi connectivity index (χ3v) is 3.24. The normalized spacial score (nSPS) is 51.5. The van der Waals surface area contributed by atoms with E-state index in [9.17, 15) is 25.5 Å². The maximum atomic E-state index is 9.66. The molecule has 8 atom stereocenters. The monoisotopic (exact) mass is 282 g/mol. The van der Waals surface area contributed by atoms with Crippen LogP contribution in [-0.4, -0.2) is 93.1 Å². The predicted octanol–water partition coefficient (Wildman–Crippen LogP) is -4.12. The molecule has 19 heavy (non-hydrogen) atoms. The van der Waals surface area contributed by atoms with E-state index in [1.54, 1.807) is 0 Å². The minimum absolute atomic E-state index is 0.252. The number of hydrogen-bond acceptors (Lipinski definition) is 9. The van der Waals surface area contributed by atoms with E-state index in [0.717, 1.165) is 0 Å². The van der Waals surface area contributed by atoms with Crippen LogP contribution in [0.4, 0.5) is 0 Å². The summed E-state index contributed by atoms with van der Waals surface area (Å²) in [5, 5.41) is 56.7. The Morgan fingerprint density at radius 3 is 2.26 bits per heavy atom. The summed E-state index contributed by atoms with van der Waals surface area (Å²) >= 11 is 0. The molecule has 2 aliphatic heterocycles. The molecule has 112 valence electrons. The zero-order valence-corrected chi connectivity index (χ0v) is 9.94. The van der Waals surface area contributed by atoms with Gasteiger partial charge in [-0.15, -0.1) is 0 Å². The highest BCUT2D eigenvalue weighted by Crippen LogP contribution is 2.26. The number of hydrogen-bond donors (Lipinski definition) is 6. The van der Waals surface area contributed by atoms with Crippen LogP contribution in [0.2, 0.25) is 0 Å². The lowest BCUT2D eigenvalue weighted by molar-refractivity contribution is -0.298. The Kier molecular flexibility index (Phi) is 4.71. The average molecular weight is 282 g/mol. The molecule has 0 amide bonds. The van der Waals surface area contributed by atoms with Crippen LogP contribution >= 0.6 is 0 Å². The summed E-state index contributed by atoms with van der Waals surface area (Å²) in [6.45, 7) is -0.767. The highest BCUT2D eigenvalue weighted by molar-refractivity contribution is 4.90. The van der Waals surface area contributed by atoms with Crippen LogP contribution < -0.4 is 0 Å². The Hall–Kier alpha value is -0.360. The van der Waals surface area contributed by atoms with Gasteiger partial charge in [0.2, 0.25) is 0 Å². The first kappa shape index (κ1) is 15.0. The third-order valence-electron chi connectivity index (χ3n) is 3.24. The Morgan fingerprint density at radius 2 is 1.68 bits per heavy atom. The van der Waals surface area contributed by atoms with Crippen molar-refractivity contribution < 1.29 is 44.8 Å². The molecule has 2 saturated heterocycles. The Balaban J connectivity index is 2.00. The van der Waals surface area contributed by atoms with Crippen molar-refractivity contribution in [2.45, 2.75) is 49.2 Å². The van der Waals surface area contributed by atoms with E-state index in [1.165, 1.54) is 0 Å². The van der Waals surface area contributed by atoms with Gasteiger partial charge in [-0.25, -0.2) is 0 Å². The standard InChI is InChI=1S/C10H18O9/c11-1-4-5(13)6(14)10(18-4)19-8-3(12)2-17-9(16)7(8)15/h3-16H,1-2H2/t3-,4+,5+,6-,7-,8+,9-,10-/m1/s1. The summed E-state index contributed by atoms with van der Waals surface area (Å²) in [7, 11) is 0. The highest BCUT2D eigenvalue weighted by atomic mass is 16.7. The minimum Gasteiger partial charge on any atom is -0.394 e. The zero-order valence-electron chi connectivity index (χ0n) is 9.94. The van der Waals surface area contributed by atoms with Gasteiger partial charge in [-0.2, -0.15) is 0 Å². The molecular weight excluding hydrogens is 264 g/mol. The molecule has 0 aromatic carbocycles. The van der Waals surface area contributed by atoms with E-state index in [0.29, 0.717) is 0 Å². The first-order chi connectivity index (χ1) is 8.95. The van der Waals surface area contributed by atoms with Gasteiger partial charge in [-0.1, -0.05) is 0 Å². The van der Waals surface area contributed by atoms with Crippen molar-refractivity contribution >= 4 is 0 Å². The highest BCUT2D eigenvalue weighted by Gasteiger charge is 2.47. The van der Waals surface area contributed by atoms with Crippen LogP contribution in [0.1, 0.15) is 0 Å². The van der Waals surface area contributed by atoms with E-state index < -0.39 is 55.8 Å². The third kappa shape index (κ3) is 2.89. The van der Waals surface area contributed by atoms with Crippen molar-refractivity contribution in [2.75, 3.05) is 13.2 Å². The van der Waals surface area contributed by atoms with Crippen LogP contribution in [0.5, 0.6) is 0 Å². The summed E-state index contributed by atoms with van der Waals surface area (Å²) in [6.07, 6.45) is -10.6. The lowest BCUT2D eigenvalue weighted by atomic mass is 10.0. The second kappa shape index (κ2) is 5.95. The molecule has 2 rings (SSSR count). The molecule has 0 spiro atoms. The quantitative estimate of drug-likeness (QED) is 0.303. The molecule has 0 aromatic heterocycles. The first-order valence-corrected chi connectivity index (χ1v) is 5.89. The molecule has 0 radical (unpaired) electrons. The number of aliphatic hydroxyl groups is 6. The van der Waals surface area contributed by atoms with Crippen LogP contribution in [-0.2, 0) is 14.2 Å². The molecule has 2 aliphatic rings. The number of rotatable bonds is 3. The Labute approximate surface area is 108 Å². The maximum absolute atomic E-state index is 9.66. The second-order valence-corrected chi connectivity index (χ2v) is 4.59. The smallest absolute Gasteiger partial charge is 0.187 e. The number of ether oxygens (including phenoxy) is 3. The van der Waals surface area contributed by atoms with E-state index >= 15 is 0 Å². The van der Waals surface area contributed by atoms with Crippen LogP contribution in [0.25, 0.3) is 0 Å². The lowest BCUT2D eigenvalue weighted by Gasteiger charge is -2.36. The van der Waals surface area contributed by atoms with E-state index in [4.69, 9.17) is 14.6 Å². The molecule has 0 saturated carbocycles. The summed E-state index contributed by atoms with van der Waals surface area (Å²) < 4.78 is 14.9. The predicted molar refractivity (Wildman–Crippen MR) is 56.6 cm³/mol.